The van der Waals surface area contributed by atoms with E-state index >= 15 is 0 Å². The van der Waals surface area contributed by atoms with E-state index in [0.717, 1.165) is 30.9 Å². The quantitative estimate of drug-likeness (QED) is 0.677. The van der Waals surface area contributed by atoms with Gasteiger partial charge in [-0.1, -0.05) is 19.1 Å². The van der Waals surface area contributed by atoms with Crippen LogP contribution in [-0.2, 0) is 6.54 Å². The Labute approximate surface area is 122 Å². The highest BCUT2D eigenvalue weighted by molar-refractivity contribution is 7.12. The summed E-state index contributed by atoms with van der Waals surface area (Å²) in [7, 11) is 0. The maximum Gasteiger partial charge on any atom is 0.172 e. The van der Waals surface area contributed by atoms with E-state index in [4.69, 9.17) is 0 Å². The minimum Gasteiger partial charge on any atom is -0.299 e. The third-order valence-electron chi connectivity index (χ3n) is 3.08. The van der Waals surface area contributed by atoms with E-state index in [-0.39, 0.29) is 5.78 Å². The molecule has 0 aliphatic rings. The molecule has 0 atom stereocenters. The van der Waals surface area contributed by atoms with Crippen molar-refractivity contribution in [3.63, 3.8) is 0 Å². The van der Waals surface area contributed by atoms with Gasteiger partial charge in [0.1, 0.15) is 0 Å². The second-order valence-corrected chi connectivity index (χ2v) is 6.43. The first-order valence-corrected chi connectivity index (χ1v) is 8.37. The summed E-state index contributed by atoms with van der Waals surface area (Å²) in [5.74, 6) is 0.280. The zero-order valence-corrected chi connectivity index (χ0v) is 12.8. The lowest BCUT2D eigenvalue weighted by Crippen LogP contribution is -2.24. The highest BCUT2D eigenvalue weighted by Crippen LogP contribution is 2.14. The molecule has 2 nitrogen and oxygen atoms in total. The Morgan fingerprint density at radius 2 is 2.00 bits per heavy atom. The van der Waals surface area contributed by atoms with Gasteiger partial charge < -0.3 is 0 Å². The minimum absolute atomic E-state index is 0.280. The Balaban J connectivity index is 1.73. The Bertz CT molecular complexity index is 476. The molecule has 0 N–H and O–H groups in total. The van der Waals surface area contributed by atoms with Gasteiger partial charge in [-0.15, -0.1) is 22.7 Å². The normalized spacial score (nSPS) is 11.1. The van der Waals surface area contributed by atoms with Crippen molar-refractivity contribution in [2.75, 3.05) is 13.1 Å². The van der Waals surface area contributed by atoms with E-state index in [1.807, 2.05) is 17.5 Å². The molecular formula is C15H19NOS2. The number of thiophene rings is 2. The van der Waals surface area contributed by atoms with Crippen molar-refractivity contribution in [3.8, 4) is 0 Å². The fourth-order valence-electron chi connectivity index (χ4n) is 2.00. The lowest BCUT2D eigenvalue weighted by atomic mass is 10.2. The average molecular weight is 293 g/mol. The first-order chi connectivity index (χ1) is 9.29. The lowest BCUT2D eigenvalue weighted by molar-refractivity contribution is 0.0978. The van der Waals surface area contributed by atoms with Gasteiger partial charge in [0.2, 0.25) is 0 Å². The van der Waals surface area contributed by atoms with Gasteiger partial charge in [0.05, 0.1) is 4.88 Å². The predicted molar refractivity (Wildman–Crippen MR) is 83.2 cm³/mol. The van der Waals surface area contributed by atoms with Crippen molar-refractivity contribution < 1.29 is 4.79 Å². The van der Waals surface area contributed by atoms with E-state index in [9.17, 15) is 4.79 Å². The van der Waals surface area contributed by atoms with Crippen LogP contribution in [0.25, 0.3) is 0 Å². The van der Waals surface area contributed by atoms with Gasteiger partial charge in [0.15, 0.2) is 5.78 Å². The van der Waals surface area contributed by atoms with Crippen LogP contribution in [0.4, 0.5) is 0 Å². The molecule has 0 unspecified atom stereocenters. The zero-order chi connectivity index (χ0) is 13.5. The standard InChI is InChI=1S/C15H19NOS2/c1-2-16(12-13-6-4-10-18-13)9-3-7-14(17)15-8-5-11-19-15/h4-6,8,10-11H,2-3,7,9,12H2,1H3. The number of ketones is 1. The number of hydrogen-bond acceptors (Lipinski definition) is 4. The largest absolute Gasteiger partial charge is 0.299 e. The molecule has 2 rings (SSSR count). The number of rotatable bonds is 8. The number of carbonyl (C=O) groups is 1. The van der Waals surface area contributed by atoms with Gasteiger partial charge in [0, 0.05) is 17.8 Å². The molecule has 0 fully saturated rings. The first kappa shape index (κ1) is 14.4. The Morgan fingerprint density at radius 3 is 2.63 bits per heavy atom. The molecule has 0 radical (unpaired) electrons. The van der Waals surface area contributed by atoms with Crippen LogP contribution in [0.5, 0.6) is 0 Å². The van der Waals surface area contributed by atoms with Gasteiger partial charge in [-0.3, -0.25) is 9.69 Å². The molecule has 0 aliphatic carbocycles. The first-order valence-electron chi connectivity index (χ1n) is 6.61. The third kappa shape index (κ3) is 4.56. The summed E-state index contributed by atoms with van der Waals surface area (Å²) in [5, 5.41) is 4.08. The molecule has 0 spiro atoms. The van der Waals surface area contributed by atoms with Crippen LogP contribution in [0.3, 0.4) is 0 Å². The minimum atomic E-state index is 0.280. The number of Topliss-reactive ketones (excluding diaryl/α,β-unsaturated/α-hetero) is 1. The monoisotopic (exact) mass is 293 g/mol. The van der Waals surface area contributed by atoms with Crippen molar-refractivity contribution in [1.82, 2.24) is 4.90 Å². The van der Waals surface area contributed by atoms with Crippen LogP contribution in [0, 0.1) is 0 Å². The summed E-state index contributed by atoms with van der Waals surface area (Å²) < 4.78 is 0. The Morgan fingerprint density at radius 1 is 1.21 bits per heavy atom. The summed E-state index contributed by atoms with van der Waals surface area (Å²) >= 11 is 3.34. The van der Waals surface area contributed by atoms with E-state index < -0.39 is 0 Å². The summed E-state index contributed by atoms with van der Waals surface area (Å²) in [6.45, 7) is 5.20. The van der Waals surface area contributed by atoms with Gasteiger partial charge >= 0.3 is 0 Å². The fourth-order valence-corrected chi connectivity index (χ4v) is 3.44. The van der Waals surface area contributed by atoms with Crippen LogP contribution >= 0.6 is 22.7 Å². The van der Waals surface area contributed by atoms with Crippen molar-refractivity contribution in [1.29, 1.82) is 0 Å². The van der Waals surface area contributed by atoms with Crippen molar-refractivity contribution in [2.24, 2.45) is 0 Å². The maximum atomic E-state index is 11.9. The highest BCUT2D eigenvalue weighted by atomic mass is 32.1. The van der Waals surface area contributed by atoms with Gasteiger partial charge in [0.25, 0.3) is 0 Å². The van der Waals surface area contributed by atoms with Crippen LogP contribution in [0.1, 0.15) is 34.3 Å². The molecule has 2 heterocycles. The van der Waals surface area contributed by atoms with Gasteiger partial charge in [-0.2, -0.15) is 0 Å². The van der Waals surface area contributed by atoms with Gasteiger partial charge in [-0.05, 0) is 42.4 Å². The summed E-state index contributed by atoms with van der Waals surface area (Å²) in [4.78, 5) is 16.6. The molecule has 2 aromatic heterocycles. The number of hydrogen-bond donors (Lipinski definition) is 0. The van der Waals surface area contributed by atoms with E-state index in [0.29, 0.717) is 6.42 Å². The van der Waals surface area contributed by atoms with Crippen LogP contribution < -0.4 is 0 Å². The van der Waals surface area contributed by atoms with Crippen LogP contribution in [0.15, 0.2) is 35.0 Å². The molecule has 0 bridgehead atoms. The maximum absolute atomic E-state index is 11.9. The molecule has 0 amide bonds. The number of nitrogens with zero attached hydrogens (tertiary/aromatic N) is 1. The second-order valence-electron chi connectivity index (χ2n) is 4.45. The SMILES string of the molecule is CCN(CCCC(=O)c1cccs1)Cc1cccs1. The van der Waals surface area contributed by atoms with Crippen molar-refractivity contribution >= 4 is 28.5 Å². The highest BCUT2D eigenvalue weighted by Gasteiger charge is 2.09. The van der Waals surface area contributed by atoms with Crippen molar-refractivity contribution in [3.05, 3.63) is 44.8 Å². The van der Waals surface area contributed by atoms with E-state index in [1.165, 1.54) is 16.2 Å². The third-order valence-corrected chi connectivity index (χ3v) is 4.85. The molecule has 102 valence electrons. The lowest BCUT2D eigenvalue weighted by Gasteiger charge is -2.19. The molecule has 0 aliphatic heterocycles. The topological polar surface area (TPSA) is 20.3 Å². The Kier molecular flexibility index (Phi) is 5.76. The molecule has 4 heteroatoms. The second kappa shape index (κ2) is 7.58. The van der Waals surface area contributed by atoms with Gasteiger partial charge in [-0.25, -0.2) is 0 Å². The summed E-state index contributed by atoms with van der Waals surface area (Å²) in [6, 6.07) is 8.11. The zero-order valence-electron chi connectivity index (χ0n) is 11.2. The van der Waals surface area contributed by atoms with E-state index in [2.05, 4.69) is 29.3 Å². The van der Waals surface area contributed by atoms with E-state index in [1.54, 1.807) is 11.3 Å². The average Bonchev–Trinajstić information content (AvgIpc) is 3.10. The predicted octanol–water partition coefficient (Wildman–Crippen LogP) is 4.29. The molecule has 0 saturated heterocycles. The summed E-state index contributed by atoms with van der Waals surface area (Å²) in [5.41, 5.74) is 0. The molecular weight excluding hydrogens is 274 g/mol. The molecule has 2 aromatic rings. The molecule has 19 heavy (non-hydrogen) atoms. The fraction of sp³-hybridized carbons (Fsp3) is 0.400. The molecule has 0 aromatic carbocycles. The van der Waals surface area contributed by atoms with Crippen LogP contribution in [0.2, 0.25) is 0 Å². The smallest absolute Gasteiger partial charge is 0.172 e. The Hall–Kier alpha value is -0.970. The van der Waals surface area contributed by atoms with Crippen LogP contribution in [-0.4, -0.2) is 23.8 Å². The number of carbonyl (C=O) groups excluding carboxylic acids is 1. The van der Waals surface area contributed by atoms with Crippen molar-refractivity contribution in [2.45, 2.75) is 26.3 Å². The molecule has 0 saturated carbocycles. The summed E-state index contributed by atoms with van der Waals surface area (Å²) in [6.07, 6.45) is 1.59.